The Bertz CT molecular complexity index is 581. The highest BCUT2D eigenvalue weighted by molar-refractivity contribution is 6.30. The monoisotopic (exact) mass is 277 g/mol. The van der Waals surface area contributed by atoms with E-state index < -0.39 is 0 Å². The standard InChI is InChI=1S/C16H17ClFN/c1-3-19-10-13-6-7-14(17)9-15(13)12-5-4-11(2)16(18)8-12/h4-9,19H,3,10H2,1-2H3. The summed E-state index contributed by atoms with van der Waals surface area (Å²) in [6.07, 6.45) is 0. The van der Waals surface area contributed by atoms with Crippen LogP contribution in [0.2, 0.25) is 5.02 Å². The summed E-state index contributed by atoms with van der Waals surface area (Å²) >= 11 is 6.06. The Morgan fingerprint density at radius 1 is 1.16 bits per heavy atom. The van der Waals surface area contributed by atoms with Gasteiger partial charge in [-0.05, 0) is 53.9 Å². The fourth-order valence-electron chi connectivity index (χ4n) is 1.99. The molecule has 0 spiro atoms. The first-order chi connectivity index (χ1) is 9.11. The quantitative estimate of drug-likeness (QED) is 0.864. The summed E-state index contributed by atoms with van der Waals surface area (Å²) in [6.45, 7) is 5.46. The Kier molecular flexibility index (Phi) is 4.56. The van der Waals surface area contributed by atoms with Gasteiger partial charge in [-0.3, -0.25) is 0 Å². The fourth-order valence-corrected chi connectivity index (χ4v) is 2.16. The zero-order valence-electron chi connectivity index (χ0n) is 11.1. The van der Waals surface area contributed by atoms with Gasteiger partial charge in [0.2, 0.25) is 0 Å². The van der Waals surface area contributed by atoms with Crippen molar-refractivity contribution in [2.45, 2.75) is 20.4 Å². The van der Waals surface area contributed by atoms with E-state index in [1.807, 2.05) is 24.3 Å². The summed E-state index contributed by atoms with van der Waals surface area (Å²) in [6, 6.07) is 11.0. The largest absolute Gasteiger partial charge is 0.313 e. The molecule has 0 atom stereocenters. The second-order valence-electron chi connectivity index (χ2n) is 4.55. The first-order valence-electron chi connectivity index (χ1n) is 6.37. The van der Waals surface area contributed by atoms with Gasteiger partial charge in [-0.1, -0.05) is 36.7 Å². The molecule has 1 nitrogen and oxygen atoms in total. The van der Waals surface area contributed by atoms with Crippen molar-refractivity contribution >= 4 is 11.6 Å². The Hall–Kier alpha value is -1.38. The highest BCUT2D eigenvalue weighted by atomic mass is 35.5. The van der Waals surface area contributed by atoms with Crippen LogP contribution in [0.25, 0.3) is 11.1 Å². The number of benzene rings is 2. The summed E-state index contributed by atoms with van der Waals surface area (Å²) in [5.41, 5.74) is 3.61. The van der Waals surface area contributed by atoms with E-state index in [1.54, 1.807) is 19.1 Å². The summed E-state index contributed by atoms with van der Waals surface area (Å²) in [5, 5.41) is 3.95. The van der Waals surface area contributed by atoms with E-state index in [0.29, 0.717) is 10.6 Å². The summed E-state index contributed by atoms with van der Waals surface area (Å²) in [4.78, 5) is 0. The molecule has 0 amide bonds. The maximum absolute atomic E-state index is 13.7. The Labute approximate surface area is 118 Å². The Morgan fingerprint density at radius 2 is 1.95 bits per heavy atom. The van der Waals surface area contributed by atoms with Gasteiger partial charge >= 0.3 is 0 Å². The minimum Gasteiger partial charge on any atom is -0.313 e. The molecule has 0 aromatic heterocycles. The van der Waals surface area contributed by atoms with Gasteiger partial charge in [-0.25, -0.2) is 4.39 Å². The van der Waals surface area contributed by atoms with E-state index in [0.717, 1.165) is 29.8 Å². The van der Waals surface area contributed by atoms with Crippen molar-refractivity contribution in [3.05, 3.63) is 58.4 Å². The van der Waals surface area contributed by atoms with Gasteiger partial charge in [0, 0.05) is 11.6 Å². The van der Waals surface area contributed by atoms with Gasteiger partial charge in [-0.15, -0.1) is 0 Å². The third-order valence-electron chi connectivity index (χ3n) is 3.12. The molecule has 2 aromatic carbocycles. The van der Waals surface area contributed by atoms with E-state index in [-0.39, 0.29) is 5.82 Å². The van der Waals surface area contributed by atoms with E-state index >= 15 is 0 Å². The first kappa shape index (κ1) is 14.0. The van der Waals surface area contributed by atoms with Crippen LogP contribution >= 0.6 is 11.6 Å². The third kappa shape index (κ3) is 3.34. The SMILES string of the molecule is CCNCc1ccc(Cl)cc1-c1ccc(C)c(F)c1. The first-order valence-corrected chi connectivity index (χ1v) is 6.75. The molecule has 0 saturated carbocycles. The topological polar surface area (TPSA) is 12.0 Å². The summed E-state index contributed by atoms with van der Waals surface area (Å²) in [7, 11) is 0. The van der Waals surface area contributed by atoms with Crippen molar-refractivity contribution in [2.24, 2.45) is 0 Å². The molecule has 0 aliphatic heterocycles. The van der Waals surface area contributed by atoms with E-state index in [9.17, 15) is 4.39 Å². The van der Waals surface area contributed by atoms with Crippen LogP contribution in [0.5, 0.6) is 0 Å². The molecule has 0 aliphatic carbocycles. The fraction of sp³-hybridized carbons (Fsp3) is 0.250. The average Bonchev–Trinajstić information content (AvgIpc) is 2.40. The van der Waals surface area contributed by atoms with Crippen molar-refractivity contribution < 1.29 is 4.39 Å². The lowest BCUT2D eigenvalue weighted by molar-refractivity contribution is 0.619. The average molecular weight is 278 g/mol. The molecule has 2 rings (SSSR count). The minimum absolute atomic E-state index is 0.188. The Morgan fingerprint density at radius 3 is 2.63 bits per heavy atom. The van der Waals surface area contributed by atoms with Crippen molar-refractivity contribution in [1.82, 2.24) is 5.32 Å². The number of aryl methyl sites for hydroxylation is 1. The van der Waals surface area contributed by atoms with Crippen molar-refractivity contribution in [3.8, 4) is 11.1 Å². The van der Waals surface area contributed by atoms with Crippen LogP contribution in [0.4, 0.5) is 4.39 Å². The van der Waals surface area contributed by atoms with Gasteiger partial charge in [0.15, 0.2) is 0 Å². The summed E-state index contributed by atoms with van der Waals surface area (Å²) < 4.78 is 13.7. The van der Waals surface area contributed by atoms with Crippen LogP contribution in [0.1, 0.15) is 18.1 Å². The lowest BCUT2D eigenvalue weighted by atomic mass is 9.98. The zero-order valence-corrected chi connectivity index (χ0v) is 11.9. The molecule has 19 heavy (non-hydrogen) atoms. The molecular formula is C16H17ClFN. The molecule has 0 fully saturated rings. The van der Waals surface area contributed by atoms with Crippen molar-refractivity contribution in [1.29, 1.82) is 0 Å². The molecule has 2 aromatic rings. The minimum atomic E-state index is -0.188. The van der Waals surface area contributed by atoms with Crippen LogP contribution in [-0.2, 0) is 6.54 Å². The van der Waals surface area contributed by atoms with E-state index in [2.05, 4.69) is 12.2 Å². The van der Waals surface area contributed by atoms with Crippen LogP contribution in [0.15, 0.2) is 36.4 Å². The molecule has 0 saturated heterocycles. The van der Waals surface area contributed by atoms with Gasteiger partial charge in [0.25, 0.3) is 0 Å². The predicted molar refractivity (Wildman–Crippen MR) is 79.0 cm³/mol. The zero-order chi connectivity index (χ0) is 13.8. The number of hydrogen-bond acceptors (Lipinski definition) is 1. The van der Waals surface area contributed by atoms with Crippen LogP contribution < -0.4 is 5.32 Å². The maximum Gasteiger partial charge on any atom is 0.126 e. The molecule has 0 aliphatic rings. The molecule has 1 N–H and O–H groups in total. The third-order valence-corrected chi connectivity index (χ3v) is 3.36. The molecule has 0 heterocycles. The number of nitrogens with one attached hydrogen (secondary N) is 1. The van der Waals surface area contributed by atoms with Crippen molar-refractivity contribution in [2.75, 3.05) is 6.54 Å². The maximum atomic E-state index is 13.7. The highest BCUT2D eigenvalue weighted by Gasteiger charge is 2.08. The summed E-state index contributed by atoms with van der Waals surface area (Å²) in [5.74, 6) is -0.188. The molecule has 100 valence electrons. The molecule has 0 unspecified atom stereocenters. The number of halogens is 2. The molecule has 3 heteroatoms. The predicted octanol–water partition coefficient (Wildman–Crippen LogP) is 4.56. The van der Waals surface area contributed by atoms with Crippen molar-refractivity contribution in [3.63, 3.8) is 0 Å². The van der Waals surface area contributed by atoms with Crippen LogP contribution in [0.3, 0.4) is 0 Å². The van der Waals surface area contributed by atoms with Gasteiger partial charge in [0.1, 0.15) is 5.82 Å². The number of rotatable bonds is 4. The van der Waals surface area contributed by atoms with Gasteiger partial charge in [0.05, 0.1) is 0 Å². The van der Waals surface area contributed by atoms with Gasteiger partial charge in [-0.2, -0.15) is 0 Å². The molecule has 0 bridgehead atoms. The highest BCUT2D eigenvalue weighted by Crippen LogP contribution is 2.28. The Balaban J connectivity index is 2.46. The smallest absolute Gasteiger partial charge is 0.126 e. The number of hydrogen-bond donors (Lipinski definition) is 1. The second-order valence-corrected chi connectivity index (χ2v) is 4.98. The lowest BCUT2D eigenvalue weighted by Gasteiger charge is -2.11. The molecular weight excluding hydrogens is 261 g/mol. The van der Waals surface area contributed by atoms with E-state index in [1.165, 1.54) is 0 Å². The second kappa shape index (κ2) is 6.18. The van der Waals surface area contributed by atoms with Gasteiger partial charge < -0.3 is 5.32 Å². The van der Waals surface area contributed by atoms with Crippen LogP contribution in [0, 0.1) is 12.7 Å². The lowest BCUT2D eigenvalue weighted by Crippen LogP contribution is -2.12. The normalized spacial score (nSPS) is 10.7. The van der Waals surface area contributed by atoms with E-state index in [4.69, 9.17) is 11.6 Å². The molecule has 0 radical (unpaired) electrons. The van der Waals surface area contributed by atoms with Crippen LogP contribution in [-0.4, -0.2) is 6.54 Å².